The van der Waals surface area contributed by atoms with E-state index in [0.717, 1.165) is 19.5 Å². The minimum atomic E-state index is -0.393. The first-order chi connectivity index (χ1) is 13.7. The van der Waals surface area contributed by atoms with E-state index in [0.29, 0.717) is 24.5 Å². The molecule has 0 aromatic heterocycles. The van der Waals surface area contributed by atoms with Crippen molar-refractivity contribution in [2.45, 2.75) is 38.6 Å². The fraction of sp³-hybridized carbons (Fsp3) is 0.435. The summed E-state index contributed by atoms with van der Waals surface area (Å²) in [5.74, 6) is -0.0708. The Bertz CT molecular complexity index is 756. The number of nitrogens with zero attached hydrogens (tertiary/aromatic N) is 1. The van der Waals surface area contributed by atoms with Crippen molar-refractivity contribution in [3.8, 4) is 11.5 Å². The van der Waals surface area contributed by atoms with Gasteiger partial charge >= 0.3 is 5.97 Å². The van der Waals surface area contributed by atoms with Crippen molar-refractivity contribution in [1.29, 1.82) is 0 Å². The summed E-state index contributed by atoms with van der Waals surface area (Å²) in [6, 6.07) is 15.1. The molecule has 1 aliphatic heterocycles. The predicted molar refractivity (Wildman–Crippen MR) is 109 cm³/mol. The normalized spacial score (nSPS) is 15.8. The zero-order valence-electron chi connectivity index (χ0n) is 16.5. The fourth-order valence-corrected chi connectivity index (χ4v) is 3.63. The van der Waals surface area contributed by atoms with Gasteiger partial charge in [-0.15, -0.1) is 0 Å². The molecule has 0 aliphatic carbocycles. The molecule has 1 atom stereocenters. The number of carbonyl (C=O) groups is 1. The SMILES string of the molecule is CCOc1cc(C(=O)OC[C@H](Cc2ccccc2)N2CCCCC2)ccc1O. The van der Waals surface area contributed by atoms with Gasteiger partial charge in [-0.05, 0) is 63.0 Å². The summed E-state index contributed by atoms with van der Waals surface area (Å²) in [5, 5.41) is 9.82. The first-order valence-corrected chi connectivity index (χ1v) is 10.1. The lowest BCUT2D eigenvalue weighted by molar-refractivity contribution is 0.0319. The van der Waals surface area contributed by atoms with Crippen LogP contribution in [0.4, 0.5) is 0 Å². The number of carbonyl (C=O) groups excluding carboxylic acids is 1. The Hall–Kier alpha value is -2.53. The molecule has 3 rings (SSSR count). The summed E-state index contributed by atoms with van der Waals surface area (Å²) >= 11 is 0. The molecule has 1 fully saturated rings. The highest BCUT2D eigenvalue weighted by Crippen LogP contribution is 2.27. The van der Waals surface area contributed by atoms with Crippen LogP contribution in [0.2, 0.25) is 0 Å². The fourth-order valence-electron chi connectivity index (χ4n) is 3.63. The van der Waals surface area contributed by atoms with E-state index in [1.165, 1.54) is 37.0 Å². The maximum absolute atomic E-state index is 12.6. The number of hydrogen-bond acceptors (Lipinski definition) is 5. The predicted octanol–water partition coefficient (Wildman–Crippen LogP) is 4.04. The van der Waals surface area contributed by atoms with Gasteiger partial charge < -0.3 is 14.6 Å². The van der Waals surface area contributed by atoms with Gasteiger partial charge in [0.25, 0.3) is 0 Å². The first-order valence-electron chi connectivity index (χ1n) is 10.1. The second kappa shape index (κ2) is 10.1. The molecule has 0 bridgehead atoms. The number of hydrogen-bond donors (Lipinski definition) is 1. The van der Waals surface area contributed by atoms with Crippen LogP contribution in [0.5, 0.6) is 11.5 Å². The van der Waals surface area contributed by atoms with Crippen LogP contribution in [-0.4, -0.2) is 48.3 Å². The summed E-state index contributed by atoms with van der Waals surface area (Å²) in [6.45, 7) is 4.68. The van der Waals surface area contributed by atoms with Crippen LogP contribution in [0.15, 0.2) is 48.5 Å². The van der Waals surface area contributed by atoms with Crippen LogP contribution >= 0.6 is 0 Å². The molecule has 0 amide bonds. The van der Waals surface area contributed by atoms with Gasteiger partial charge in [0.05, 0.1) is 12.2 Å². The van der Waals surface area contributed by atoms with E-state index in [4.69, 9.17) is 9.47 Å². The smallest absolute Gasteiger partial charge is 0.338 e. The molecule has 1 saturated heterocycles. The molecule has 28 heavy (non-hydrogen) atoms. The minimum Gasteiger partial charge on any atom is -0.504 e. The lowest BCUT2D eigenvalue weighted by atomic mass is 10.0. The Kier molecular flexibility index (Phi) is 7.31. The number of ether oxygens (including phenoxy) is 2. The van der Waals surface area contributed by atoms with Gasteiger partial charge in [-0.1, -0.05) is 36.8 Å². The van der Waals surface area contributed by atoms with E-state index < -0.39 is 5.97 Å². The maximum atomic E-state index is 12.6. The number of aromatic hydroxyl groups is 1. The third-order valence-corrected chi connectivity index (χ3v) is 5.12. The number of likely N-dealkylation sites (tertiary alicyclic amines) is 1. The average Bonchev–Trinajstić information content (AvgIpc) is 2.74. The third kappa shape index (κ3) is 5.49. The van der Waals surface area contributed by atoms with Crippen molar-refractivity contribution < 1.29 is 19.4 Å². The third-order valence-electron chi connectivity index (χ3n) is 5.12. The van der Waals surface area contributed by atoms with E-state index in [1.54, 1.807) is 6.07 Å². The monoisotopic (exact) mass is 383 g/mol. The van der Waals surface area contributed by atoms with Crippen molar-refractivity contribution in [2.75, 3.05) is 26.3 Å². The van der Waals surface area contributed by atoms with Crippen molar-refractivity contribution >= 4 is 5.97 Å². The summed E-state index contributed by atoms with van der Waals surface area (Å²) in [7, 11) is 0. The molecule has 1 heterocycles. The van der Waals surface area contributed by atoms with Gasteiger partial charge in [-0.3, -0.25) is 4.90 Å². The van der Waals surface area contributed by atoms with Crippen molar-refractivity contribution in [3.63, 3.8) is 0 Å². The largest absolute Gasteiger partial charge is 0.504 e. The highest BCUT2D eigenvalue weighted by molar-refractivity contribution is 5.90. The Morgan fingerprint density at radius 3 is 2.57 bits per heavy atom. The summed E-state index contributed by atoms with van der Waals surface area (Å²) in [5.41, 5.74) is 1.63. The zero-order chi connectivity index (χ0) is 19.8. The number of esters is 1. The first kappa shape index (κ1) is 20.2. The molecule has 2 aromatic rings. The molecule has 0 spiro atoms. The molecule has 0 unspecified atom stereocenters. The molecular weight excluding hydrogens is 354 g/mol. The number of phenolic OH excluding ortho intramolecular Hbond substituents is 1. The Morgan fingerprint density at radius 2 is 1.86 bits per heavy atom. The van der Waals surface area contributed by atoms with Gasteiger partial charge in [0.2, 0.25) is 0 Å². The molecule has 1 aliphatic rings. The van der Waals surface area contributed by atoms with Gasteiger partial charge in [-0.25, -0.2) is 4.79 Å². The molecule has 2 aromatic carbocycles. The number of phenols is 1. The summed E-state index contributed by atoms with van der Waals surface area (Å²) < 4.78 is 11.0. The second-order valence-corrected chi connectivity index (χ2v) is 7.15. The molecule has 150 valence electrons. The average molecular weight is 383 g/mol. The van der Waals surface area contributed by atoms with Gasteiger partial charge in [-0.2, -0.15) is 0 Å². The minimum absolute atomic E-state index is 0.0219. The lowest BCUT2D eigenvalue weighted by Gasteiger charge is -2.34. The van der Waals surface area contributed by atoms with Gasteiger partial charge in [0, 0.05) is 6.04 Å². The molecule has 1 N–H and O–H groups in total. The zero-order valence-corrected chi connectivity index (χ0v) is 16.5. The van der Waals surface area contributed by atoms with Crippen LogP contribution in [0.1, 0.15) is 42.1 Å². The Balaban J connectivity index is 1.66. The van der Waals surface area contributed by atoms with E-state index in [9.17, 15) is 9.90 Å². The van der Waals surface area contributed by atoms with Crippen LogP contribution in [0, 0.1) is 0 Å². The van der Waals surface area contributed by atoms with Crippen molar-refractivity contribution in [2.24, 2.45) is 0 Å². The van der Waals surface area contributed by atoms with E-state index in [2.05, 4.69) is 17.0 Å². The lowest BCUT2D eigenvalue weighted by Crippen LogP contribution is -2.43. The molecule has 5 heteroatoms. The Morgan fingerprint density at radius 1 is 1.11 bits per heavy atom. The van der Waals surface area contributed by atoms with Crippen molar-refractivity contribution in [3.05, 3.63) is 59.7 Å². The van der Waals surface area contributed by atoms with Gasteiger partial charge in [0.15, 0.2) is 11.5 Å². The quantitative estimate of drug-likeness (QED) is 0.697. The number of piperidine rings is 1. The highest BCUT2D eigenvalue weighted by atomic mass is 16.5. The molecule has 0 saturated carbocycles. The number of benzene rings is 2. The van der Waals surface area contributed by atoms with E-state index in [-0.39, 0.29) is 11.8 Å². The number of rotatable bonds is 8. The summed E-state index contributed by atoms with van der Waals surface area (Å²) in [4.78, 5) is 15.0. The standard InChI is InChI=1S/C23H29NO4/c1-2-27-22-16-19(11-12-21(22)25)23(26)28-17-20(24-13-7-4-8-14-24)15-18-9-5-3-6-10-18/h3,5-6,9-12,16,20,25H,2,4,7-8,13-15,17H2,1H3/t20-/m0/s1. The Labute approximate surface area is 166 Å². The van der Waals surface area contributed by atoms with Crippen molar-refractivity contribution in [1.82, 2.24) is 4.90 Å². The van der Waals surface area contributed by atoms with Crippen LogP contribution < -0.4 is 4.74 Å². The molecule has 5 nitrogen and oxygen atoms in total. The van der Waals surface area contributed by atoms with E-state index >= 15 is 0 Å². The van der Waals surface area contributed by atoms with Crippen LogP contribution in [0.25, 0.3) is 0 Å². The second-order valence-electron chi connectivity index (χ2n) is 7.15. The maximum Gasteiger partial charge on any atom is 0.338 e. The van der Waals surface area contributed by atoms with Crippen LogP contribution in [0.3, 0.4) is 0 Å². The topological polar surface area (TPSA) is 59.0 Å². The highest BCUT2D eigenvalue weighted by Gasteiger charge is 2.23. The van der Waals surface area contributed by atoms with Gasteiger partial charge in [0.1, 0.15) is 6.61 Å². The summed E-state index contributed by atoms with van der Waals surface area (Å²) in [6.07, 6.45) is 4.50. The van der Waals surface area contributed by atoms with Crippen LogP contribution in [-0.2, 0) is 11.2 Å². The molecule has 0 radical (unpaired) electrons. The van der Waals surface area contributed by atoms with E-state index in [1.807, 2.05) is 25.1 Å². The molecular formula is C23H29NO4.